The van der Waals surface area contributed by atoms with Gasteiger partial charge in [0, 0.05) is 6.54 Å². The molecule has 0 spiro atoms. The first kappa shape index (κ1) is 9.79. The molecule has 0 aliphatic rings. The van der Waals surface area contributed by atoms with Crippen molar-refractivity contribution < 1.29 is 26.2 Å². The van der Waals surface area contributed by atoms with Crippen LogP contribution in [-0.4, -0.2) is 17.8 Å². The van der Waals surface area contributed by atoms with Crippen molar-refractivity contribution in [1.29, 1.82) is 0 Å². The number of aliphatic hydroxyl groups is 1. The zero-order valence-corrected chi connectivity index (χ0v) is 5.90. The van der Waals surface area contributed by atoms with Crippen LogP contribution in [0.15, 0.2) is 0 Å². The number of hydrogen-bond donors (Lipinski definition) is 2. The first-order valence-electron chi connectivity index (χ1n) is 1.65. The quantitative estimate of drug-likeness (QED) is 0.663. The summed E-state index contributed by atoms with van der Waals surface area (Å²) in [5.41, 5.74) is 4.92. The first-order valence-corrected chi connectivity index (χ1v) is 1.65. The number of hydrogen-bond acceptors (Lipinski definition) is 2. The summed E-state index contributed by atoms with van der Waals surface area (Å²) in [7, 11) is 0. The third-order valence-corrected chi connectivity index (χ3v) is 0.341. The van der Waals surface area contributed by atoms with Gasteiger partial charge in [-0.3, -0.25) is 0 Å². The molecule has 0 heterocycles. The van der Waals surface area contributed by atoms with Crippen LogP contribution in [0, 0.1) is 0 Å². The van der Waals surface area contributed by atoms with E-state index in [1.54, 1.807) is 6.92 Å². The van der Waals surface area contributed by atoms with Gasteiger partial charge in [-0.25, -0.2) is 0 Å². The summed E-state index contributed by atoms with van der Waals surface area (Å²) in [5, 5.41) is 8.24. The molecule has 0 fully saturated rings. The number of rotatable bonds is 1. The zero-order valence-electron chi connectivity index (χ0n) is 3.63. The summed E-state index contributed by atoms with van der Waals surface area (Å²) in [5.74, 6) is 0. The van der Waals surface area contributed by atoms with E-state index in [0.29, 0.717) is 6.54 Å². The maximum atomic E-state index is 8.24. The van der Waals surface area contributed by atoms with E-state index in [0.717, 1.165) is 0 Å². The van der Waals surface area contributed by atoms with Crippen LogP contribution in [0.5, 0.6) is 0 Å². The molecule has 0 aliphatic heterocycles. The van der Waals surface area contributed by atoms with Crippen LogP contribution in [-0.2, 0) is 21.1 Å². The molecular formula is C3H9NOPt+4. The fourth-order valence-corrected chi connectivity index (χ4v) is 0. The van der Waals surface area contributed by atoms with Gasteiger partial charge in [0.05, 0.1) is 6.10 Å². The Balaban J connectivity index is 0. The molecule has 0 aromatic heterocycles. The van der Waals surface area contributed by atoms with Gasteiger partial charge in [0.15, 0.2) is 0 Å². The normalized spacial score (nSPS) is 12.5. The summed E-state index contributed by atoms with van der Waals surface area (Å²) in [6, 6.07) is 0. The Bertz CT molecular complexity index is 24.8. The molecule has 1 unspecified atom stereocenters. The second-order valence-corrected chi connectivity index (χ2v) is 1.08. The van der Waals surface area contributed by atoms with Gasteiger partial charge in [-0.1, -0.05) is 0 Å². The summed E-state index contributed by atoms with van der Waals surface area (Å²) in [4.78, 5) is 0. The van der Waals surface area contributed by atoms with Crippen LogP contribution < -0.4 is 5.73 Å². The Hall–Kier alpha value is 0.608. The molecule has 0 saturated heterocycles. The Morgan fingerprint density at radius 1 is 1.83 bits per heavy atom. The van der Waals surface area contributed by atoms with Crippen molar-refractivity contribution in [2.75, 3.05) is 6.54 Å². The van der Waals surface area contributed by atoms with Gasteiger partial charge >= 0.3 is 21.1 Å². The molecule has 1 atom stereocenters. The second-order valence-electron chi connectivity index (χ2n) is 1.08. The Morgan fingerprint density at radius 2 is 2.00 bits per heavy atom. The van der Waals surface area contributed by atoms with Crippen LogP contribution in [0.3, 0.4) is 0 Å². The minimum absolute atomic E-state index is 0. The molecule has 2 nitrogen and oxygen atoms in total. The van der Waals surface area contributed by atoms with E-state index in [9.17, 15) is 0 Å². The maximum Gasteiger partial charge on any atom is 4.00 e. The van der Waals surface area contributed by atoms with Crippen LogP contribution in [0.4, 0.5) is 0 Å². The van der Waals surface area contributed by atoms with Crippen molar-refractivity contribution in [1.82, 2.24) is 0 Å². The van der Waals surface area contributed by atoms with Gasteiger partial charge in [0.1, 0.15) is 0 Å². The van der Waals surface area contributed by atoms with Crippen molar-refractivity contribution in [3.05, 3.63) is 0 Å². The van der Waals surface area contributed by atoms with Crippen molar-refractivity contribution in [3.63, 3.8) is 0 Å². The average Bonchev–Trinajstić information content (AvgIpc) is 1.38. The smallest absolute Gasteiger partial charge is 0.392 e. The molecule has 38 valence electrons. The zero-order chi connectivity index (χ0) is 4.28. The monoisotopic (exact) mass is 270 g/mol. The first-order chi connectivity index (χ1) is 2.27. The van der Waals surface area contributed by atoms with Gasteiger partial charge < -0.3 is 10.8 Å². The van der Waals surface area contributed by atoms with Gasteiger partial charge in [-0.05, 0) is 6.92 Å². The van der Waals surface area contributed by atoms with Crippen LogP contribution in [0.2, 0.25) is 0 Å². The van der Waals surface area contributed by atoms with Crippen LogP contribution in [0.25, 0.3) is 0 Å². The maximum absolute atomic E-state index is 8.24. The minimum atomic E-state index is -0.338. The molecule has 0 bridgehead atoms. The van der Waals surface area contributed by atoms with Crippen LogP contribution >= 0.6 is 0 Å². The number of nitrogens with two attached hydrogens (primary N) is 1. The van der Waals surface area contributed by atoms with E-state index >= 15 is 0 Å². The molecule has 6 heavy (non-hydrogen) atoms. The SMILES string of the molecule is CC(O)CN.[Pt+4]. The third-order valence-electron chi connectivity index (χ3n) is 0.341. The molecule has 0 saturated carbocycles. The molecule has 0 rings (SSSR count). The van der Waals surface area contributed by atoms with E-state index in [1.807, 2.05) is 0 Å². The minimum Gasteiger partial charge on any atom is -0.392 e. The Kier molecular flexibility index (Phi) is 9.15. The van der Waals surface area contributed by atoms with E-state index < -0.39 is 0 Å². The predicted octanol–water partition coefficient (Wildman–Crippen LogP) is -0.677. The van der Waals surface area contributed by atoms with Gasteiger partial charge in [-0.15, -0.1) is 0 Å². The summed E-state index contributed by atoms with van der Waals surface area (Å²) < 4.78 is 0. The molecule has 0 aromatic carbocycles. The van der Waals surface area contributed by atoms with E-state index in [2.05, 4.69) is 0 Å². The summed E-state index contributed by atoms with van der Waals surface area (Å²) in [6.45, 7) is 2.01. The van der Waals surface area contributed by atoms with Crippen molar-refractivity contribution in [2.24, 2.45) is 5.73 Å². The van der Waals surface area contributed by atoms with Crippen molar-refractivity contribution in [2.45, 2.75) is 13.0 Å². The van der Waals surface area contributed by atoms with Gasteiger partial charge in [0.2, 0.25) is 0 Å². The van der Waals surface area contributed by atoms with Crippen molar-refractivity contribution >= 4 is 0 Å². The molecule has 0 aromatic rings. The van der Waals surface area contributed by atoms with Gasteiger partial charge in [0.25, 0.3) is 0 Å². The molecule has 0 radical (unpaired) electrons. The summed E-state index contributed by atoms with van der Waals surface area (Å²) >= 11 is 0. The van der Waals surface area contributed by atoms with Gasteiger partial charge in [-0.2, -0.15) is 0 Å². The molecule has 0 amide bonds. The fraction of sp³-hybridized carbons (Fsp3) is 1.00. The van der Waals surface area contributed by atoms with E-state index in [-0.39, 0.29) is 27.2 Å². The average molecular weight is 270 g/mol. The van der Waals surface area contributed by atoms with E-state index in [4.69, 9.17) is 10.8 Å². The largest absolute Gasteiger partial charge is 4.00 e. The van der Waals surface area contributed by atoms with Crippen molar-refractivity contribution in [3.8, 4) is 0 Å². The Morgan fingerprint density at radius 3 is 2.00 bits per heavy atom. The second kappa shape index (κ2) is 5.61. The standard InChI is InChI=1S/C3H9NO.Pt/c1-3(5)2-4;/h3,5H,2,4H2,1H3;/q;+4. The predicted molar refractivity (Wildman–Crippen MR) is 20.7 cm³/mol. The fourth-order valence-electron chi connectivity index (χ4n) is 0. The molecule has 0 aliphatic carbocycles. The summed E-state index contributed by atoms with van der Waals surface area (Å²) in [6.07, 6.45) is -0.338. The number of aliphatic hydroxyl groups excluding tert-OH is 1. The topological polar surface area (TPSA) is 46.2 Å². The molecule has 3 heteroatoms. The third kappa shape index (κ3) is 8.82. The van der Waals surface area contributed by atoms with Crippen LogP contribution in [0.1, 0.15) is 6.92 Å². The van der Waals surface area contributed by atoms with E-state index in [1.165, 1.54) is 0 Å². The molecular weight excluding hydrogens is 261 g/mol. The molecule has 3 N–H and O–H groups in total. The Labute approximate surface area is 52.0 Å².